The number of benzene rings is 2. The van der Waals surface area contributed by atoms with Gasteiger partial charge in [0.2, 0.25) is 5.91 Å². The summed E-state index contributed by atoms with van der Waals surface area (Å²) in [5.74, 6) is 0.0442. The lowest BCUT2D eigenvalue weighted by Crippen LogP contribution is -2.58. The Morgan fingerprint density at radius 3 is 2.52 bits per heavy atom. The van der Waals surface area contributed by atoms with Crippen LogP contribution in [0, 0.1) is 0 Å². The van der Waals surface area contributed by atoms with Gasteiger partial charge in [0, 0.05) is 0 Å². The minimum Gasteiger partial charge on any atom is -0.489 e. The monoisotopic (exact) mass is 366 g/mol. The van der Waals surface area contributed by atoms with Gasteiger partial charge < -0.3 is 14.4 Å². The first-order chi connectivity index (χ1) is 13.1. The van der Waals surface area contributed by atoms with Gasteiger partial charge in [0.25, 0.3) is 0 Å². The van der Waals surface area contributed by atoms with Crippen LogP contribution in [0.2, 0.25) is 0 Å². The quantitative estimate of drug-likeness (QED) is 0.429. The summed E-state index contributed by atoms with van der Waals surface area (Å²) in [7, 11) is 1.32. The fourth-order valence-corrected chi connectivity index (χ4v) is 3.00. The van der Waals surface area contributed by atoms with E-state index in [1.807, 2.05) is 30.3 Å². The molecule has 0 saturated carbocycles. The van der Waals surface area contributed by atoms with Gasteiger partial charge in [0.1, 0.15) is 18.4 Å². The van der Waals surface area contributed by atoms with Crippen LogP contribution in [0.25, 0.3) is 0 Å². The van der Waals surface area contributed by atoms with Crippen molar-refractivity contribution in [2.75, 3.05) is 13.7 Å². The molecule has 0 bridgehead atoms. The standard InChI is InChI=1S/C21H22N2O4/c1-3-22-18-13-23(20(18)24)19(21(25)26-2)16-9-11-17(12-10-16)27-14-15-7-5-4-6-8-15/h3-12,18-19H,13-14H2,1-2H3. The fraction of sp³-hybridized carbons (Fsp3) is 0.286. The summed E-state index contributed by atoms with van der Waals surface area (Å²) in [6.45, 7) is 2.62. The molecular weight excluding hydrogens is 344 g/mol. The van der Waals surface area contributed by atoms with Crippen LogP contribution in [-0.4, -0.2) is 42.7 Å². The molecule has 6 heteroatoms. The molecule has 1 aliphatic rings. The Labute approximate surface area is 158 Å². The number of rotatable bonds is 7. The van der Waals surface area contributed by atoms with Crippen molar-refractivity contribution in [3.05, 3.63) is 65.7 Å². The molecule has 0 N–H and O–H groups in total. The first kappa shape index (κ1) is 18.6. The molecule has 1 aliphatic heterocycles. The molecule has 0 aromatic heterocycles. The topological polar surface area (TPSA) is 68.2 Å². The third-order valence-corrected chi connectivity index (χ3v) is 4.45. The van der Waals surface area contributed by atoms with Crippen molar-refractivity contribution < 1.29 is 19.1 Å². The molecule has 2 unspecified atom stereocenters. The number of carbonyl (C=O) groups is 2. The summed E-state index contributed by atoms with van der Waals surface area (Å²) in [6, 6.07) is 15.8. The third-order valence-electron chi connectivity index (χ3n) is 4.45. The summed E-state index contributed by atoms with van der Waals surface area (Å²) in [5.41, 5.74) is 1.75. The minimum atomic E-state index is -0.769. The van der Waals surface area contributed by atoms with Crippen molar-refractivity contribution >= 4 is 18.1 Å². The van der Waals surface area contributed by atoms with Gasteiger partial charge in [-0.1, -0.05) is 42.5 Å². The molecular formula is C21H22N2O4. The maximum atomic E-state index is 12.3. The van der Waals surface area contributed by atoms with Crippen LogP contribution in [0.4, 0.5) is 0 Å². The van der Waals surface area contributed by atoms with E-state index in [2.05, 4.69) is 4.99 Å². The number of hydrogen-bond acceptors (Lipinski definition) is 5. The number of amides is 1. The maximum Gasteiger partial charge on any atom is 0.333 e. The zero-order valence-electron chi connectivity index (χ0n) is 15.4. The molecule has 140 valence electrons. The SMILES string of the molecule is CC=NC1CN(C(C(=O)OC)c2ccc(OCc3ccccc3)cc2)C1=O. The van der Waals surface area contributed by atoms with E-state index >= 15 is 0 Å². The second kappa shape index (κ2) is 8.49. The van der Waals surface area contributed by atoms with E-state index in [0.29, 0.717) is 24.5 Å². The predicted octanol–water partition coefficient (Wildman–Crippen LogP) is 2.78. The lowest BCUT2D eigenvalue weighted by atomic mass is 9.98. The van der Waals surface area contributed by atoms with Crippen LogP contribution in [0.5, 0.6) is 5.75 Å². The Hall–Kier alpha value is -3.15. The van der Waals surface area contributed by atoms with Crippen LogP contribution >= 0.6 is 0 Å². The Morgan fingerprint density at radius 2 is 1.93 bits per heavy atom. The van der Waals surface area contributed by atoms with E-state index in [4.69, 9.17) is 9.47 Å². The van der Waals surface area contributed by atoms with Crippen LogP contribution in [-0.2, 0) is 20.9 Å². The van der Waals surface area contributed by atoms with Gasteiger partial charge in [-0.25, -0.2) is 4.79 Å². The van der Waals surface area contributed by atoms with Gasteiger partial charge in [-0.2, -0.15) is 0 Å². The lowest BCUT2D eigenvalue weighted by molar-refractivity contribution is -0.160. The maximum absolute atomic E-state index is 12.3. The van der Waals surface area contributed by atoms with Crippen molar-refractivity contribution in [3.8, 4) is 5.75 Å². The molecule has 0 spiro atoms. The predicted molar refractivity (Wildman–Crippen MR) is 102 cm³/mol. The number of nitrogens with zero attached hydrogens (tertiary/aromatic N) is 2. The molecule has 0 aliphatic carbocycles. The van der Waals surface area contributed by atoms with E-state index < -0.39 is 18.1 Å². The fourth-order valence-electron chi connectivity index (χ4n) is 3.00. The molecule has 1 saturated heterocycles. The number of aliphatic imine (C=N–C) groups is 1. The molecule has 1 amide bonds. The summed E-state index contributed by atoms with van der Waals surface area (Å²) < 4.78 is 10.7. The van der Waals surface area contributed by atoms with Gasteiger partial charge in [0.15, 0.2) is 6.04 Å². The molecule has 3 rings (SSSR count). The van der Waals surface area contributed by atoms with Gasteiger partial charge in [0.05, 0.1) is 13.7 Å². The van der Waals surface area contributed by atoms with Gasteiger partial charge in [-0.05, 0) is 36.4 Å². The van der Waals surface area contributed by atoms with Crippen LogP contribution in [0.1, 0.15) is 24.1 Å². The first-order valence-electron chi connectivity index (χ1n) is 8.77. The van der Waals surface area contributed by atoms with Crippen molar-refractivity contribution in [1.29, 1.82) is 0 Å². The molecule has 2 aromatic rings. The Balaban J connectivity index is 1.70. The minimum absolute atomic E-state index is 0.173. The summed E-state index contributed by atoms with van der Waals surface area (Å²) in [4.78, 5) is 30.2. The molecule has 27 heavy (non-hydrogen) atoms. The van der Waals surface area contributed by atoms with Crippen molar-refractivity contribution in [3.63, 3.8) is 0 Å². The number of ether oxygens (including phenoxy) is 2. The van der Waals surface area contributed by atoms with Crippen molar-refractivity contribution in [2.24, 2.45) is 4.99 Å². The summed E-state index contributed by atoms with van der Waals surface area (Å²) >= 11 is 0. The highest BCUT2D eigenvalue weighted by Crippen LogP contribution is 2.30. The summed E-state index contributed by atoms with van der Waals surface area (Å²) in [6.07, 6.45) is 1.60. The van der Waals surface area contributed by atoms with Gasteiger partial charge in [-0.15, -0.1) is 0 Å². The van der Waals surface area contributed by atoms with E-state index in [0.717, 1.165) is 5.56 Å². The second-order valence-corrected chi connectivity index (χ2v) is 6.18. The van der Waals surface area contributed by atoms with Crippen molar-refractivity contribution in [1.82, 2.24) is 4.90 Å². The van der Waals surface area contributed by atoms with E-state index in [-0.39, 0.29) is 5.91 Å². The zero-order valence-corrected chi connectivity index (χ0v) is 15.4. The van der Waals surface area contributed by atoms with Crippen LogP contribution < -0.4 is 4.74 Å². The molecule has 2 aromatic carbocycles. The van der Waals surface area contributed by atoms with Crippen molar-refractivity contribution in [2.45, 2.75) is 25.6 Å². The number of esters is 1. The summed E-state index contributed by atoms with van der Waals surface area (Å²) in [5, 5.41) is 0. The van der Waals surface area contributed by atoms with E-state index in [1.165, 1.54) is 12.0 Å². The number of hydrogen-bond donors (Lipinski definition) is 0. The number of carbonyl (C=O) groups excluding carboxylic acids is 2. The molecule has 0 radical (unpaired) electrons. The third kappa shape index (κ3) is 4.16. The Kier molecular flexibility index (Phi) is 5.86. The first-order valence-corrected chi connectivity index (χ1v) is 8.77. The highest BCUT2D eigenvalue weighted by Gasteiger charge is 2.44. The Morgan fingerprint density at radius 1 is 1.22 bits per heavy atom. The molecule has 1 heterocycles. The number of methoxy groups -OCH3 is 1. The molecule has 2 atom stereocenters. The highest BCUT2D eigenvalue weighted by atomic mass is 16.5. The lowest BCUT2D eigenvalue weighted by Gasteiger charge is -2.40. The number of likely N-dealkylation sites (tertiary alicyclic amines) is 1. The van der Waals surface area contributed by atoms with Crippen LogP contribution in [0.3, 0.4) is 0 Å². The van der Waals surface area contributed by atoms with Gasteiger partial charge >= 0.3 is 5.97 Å². The van der Waals surface area contributed by atoms with E-state index in [1.54, 1.807) is 37.4 Å². The Bertz CT molecular complexity index is 818. The molecule has 6 nitrogen and oxygen atoms in total. The average molecular weight is 366 g/mol. The van der Waals surface area contributed by atoms with Gasteiger partial charge in [-0.3, -0.25) is 9.79 Å². The largest absolute Gasteiger partial charge is 0.489 e. The normalized spacial score (nSPS) is 17.5. The zero-order chi connectivity index (χ0) is 19.2. The smallest absolute Gasteiger partial charge is 0.333 e. The number of β-lactam (4-membered cyclic amide) rings is 1. The van der Waals surface area contributed by atoms with E-state index in [9.17, 15) is 9.59 Å². The second-order valence-electron chi connectivity index (χ2n) is 6.18. The highest BCUT2D eigenvalue weighted by molar-refractivity contribution is 5.93. The molecule has 1 fully saturated rings. The average Bonchev–Trinajstić information content (AvgIpc) is 2.72. The van der Waals surface area contributed by atoms with Crippen LogP contribution in [0.15, 0.2) is 59.6 Å².